The highest BCUT2D eigenvalue weighted by Gasteiger charge is 2.24. The Morgan fingerprint density at radius 3 is 2.57 bits per heavy atom. The lowest BCUT2D eigenvalue weighted by atomic mass is 10.0. The smallest absolute Gasteiger partial charge is 0.340 e. The second-order valence-electron chi connectivity index (χ2n) is 4.62. The number of carbonyl (C=O) groups is 1. The van der Waals surface area contributed by atoms with E-state index in [9.17, 15) is 17.8 Å². The summed E-state index contributed by atoms with van der Waals surface area (Å²) in [4.78, 5) is 11.8. The molecule has 0 aliphatic rings. The van der Waals surface area contributed by atoms with Crippen molar-refractivity contribution in [3.63, 3.8) is 0 Å². The summed E-state index contributed by atoms with van der Waals surface area (Å²) in [5, 5.41) is 1.14. The first kappa shape index (κ1) is 15.5. The molecule has 5 nitrogen and oxygen atoms in total. The average molecular weight is 308 g/mol. The van der Waals surface area contributed by atoms with Crippen LogP contribution in [0.4, 0.5) is 0 Å². The minimum atomic E-state index is -4.50. The fourth-order valence-corrected chi connectivity index (χ4v) is 2.75. The van der Waals surface area contributed by atoms with E-state index in [4.69, 9.17) is 4.74 Å². The number of carbonyl (C=O) groups excluding carboxylic acids is 1. The number of esters is 1. The van der Waals surface area contributed by atoms with Crippen molar-refractivity contribution in [3.8, 4) is 0 Å². The van der Waals surface area contributed by atoms with E-state index in [1.807, 2.05) is 6.92 Å². The second-order valence-corrected chi connectivity index (χ2v) is 6.01. The summed E-state index contributed by atoms with van der Waals surface area (Å²) in [6, 6.07) is 9.61. The van der Waals surface area contributed by atoms with E-state index >= 15 is 0 Å². The van der Waals surface area contributed by atoms with Gasteiger partial charge in [0.1, 0.15) is 4.90 Å². The van der Waals surface area contributed by atoms with Crippen LogP contribution in [-0.4, -0.2) is 25.5 Å². The van der Waals surface area contributed by atoms with Gasteiger partial charge in [0, 0.05) is 0 Å². The third-order valence-electron chi connectivity index (χ3n) is 3.10. The van der Waals surface area contributed by atoms with Gasteiger partial charge in [0.25, 0.3) is 10.1 Å². The van der Waals surface area contributed by atoms with Gasteiger partial charge in [0.15, 0.2) is 0 Å². The molecule has 6 heteroatoms. The SMILES string of the molecule is CCCCOC(=O)c1c(S(=O)(=O)O)ccc2ccccc12. The van der Waals surface area contributed by atoms with Gasteiger partial charge in [-0.3, -0.25) is 4.55 Å². The Morgan fingerprint density at radius 1 is 1.19 bits per heavy atom. The van der Waals surface area contributed by atoms with Crippen molar-refractivity contribution in [1.82, 2.24) is 0 Å². The number of hydrogen-bond donors (Lipinski definition) is 1. The predicted octanol–water partition coefficient (Wildman–Crippen LogP) is 3.04. The van der Waals surface area contributed by atoms with Gasteiger partial charge < -0.3 is 4.74 Å². The third kappa shape index (κ3) is 3.40. The fourth-order valence-electron chi connectivity index (χ4n) is 2.06. The molecular weight excluding hydrogens is 292 g/mol. The molecule has 0 fully saturated rings. The van der Waals surface area contributed by atoms with Gasteiger partial charge >= 0.3 is 5.97 Å². The molecule has 0 heterocycles. The van der Waals surface area contributed by atoms with Crippen molar-refractivity contribution in [2.75, 3.05) is 6.61 Å². The van der Waals surface area contributed by atoms with Gasteiger partial charge in [-0.05, 0) is 23.3 Å². The molecule has 0 aliphatic carbocycles. The topological polar surface area (TPSA) is 80.7 Å². The van der Waals surface area contributed by atoms with Gasteiger partial charge in [0.2, 0.25) is 0 Å². The number of unbranched alkanes of at least 4 members (excludes halogenated alkanes) is 1. The molecular formula is C15H16O5S. The van der Waals surface area contributed by atoms with Gasteiger partial charge in [-0.15, -0.1) is 0 Å². The summed E-state index contributed by atoms with van der Waals surface area (Å²) >= 11 is 0. The zero-order chi connectivity index (χ0) is 15.5. The highest BCUT2D eigenvalue weighted by molar-refractivity contribution is 7.86. The Bertz CT molecular complexity index is 765. The van der Waals surface area contributed by atoms with Crippen LogP contribution in [0.2, 0.25) is 0 Å². The zero-order valence-corrected chi connectivity index (χ0v) is 12.4. The molecule has 0 saturated carbocycles. The maximum atomic E-state index is 12.2. The standard InChI is InChI=1S/C15H16O5S/c1-2-3-10-20-15(16)14-12-7-5-4-6-11(12)8-9-13(14)21(17,18)19/h4-9H,2-3,10H2,1H3,(H,17,18,19). The van der Waals surface area contributed by atoms with Gasteiger partial charge in [0.05, 0.1) is 12.2 Å². The van der Waals surface area contributed by atoms with Crippen LogP contribution >= 0.6 is 0 Å². The lowest BCUT2D eigenvalue weighted by molar-refractivity contribution is 0.0497. The van der Waals surface area contributed by atoms with E-state index < -0.39 is 21.0 Å². The molecule has 0 amide bonds. The first-order chi connectivity index (χ1) is 9.95. The zero-order valence-electron chi connectivity index (χ0n) is 11.6. The van der Waals surface area contributed by atoms with Crippen molar-refractivity contribution in [1.29, 1.82) is 0 Å². The molecule has 21 heavy (non-hydrogen) atoms. The summed E-state index contributed by atoms with van der Waals surface area (Å²) < 4.78 is 37.4. The first-order valence-corrected chi connectivity index (χ1v) is 8.05. The van der Waals surface area contributed by atoms with Crippen LogP contribution in [0.1, 0.15) is 30.1 Å². The Kier molecular flexibility index (Phi) is 4.59. The Morgan fingerprint density at radius 2 is 1.90 bits per heavy atom. The third-order valence-corrected chi connectivity index (χ3v) is 4.00. The summed E-state index contributed by atoms with van der Waals surface area (Å²) in [6.45, 7) is 2.17. The Labute approximate surface area is 123 Å². The average Bonchev–Trinajstić information content (AvgIpc) is 2.45. The molecule has 112 valence electrons. The maximum absolute atomic E-state index is 12.2. The highest BCUT2D eigenvalue weighted by atomic mass is 32.2. The van der Waals surface area contributed by atoms with Crippen LogP contribution in [0.15, 0.2) is 41.3 Å². The van der Waals surface area contributed by atoms with Gasteiger partial charge in [-0.2, -0.15) is 8.42 Å². The molecule has 1 N–H and O–H groups in total. The normalized spacial score (nSPS) is 11.5. The van der Waals surface area contributed by atoms with Crippen molar-refractivity contribution >= 4 is 26.9 Å². The van der Waals surface area contributed by atoms with Gasteiger partial charge in [-0.25, -0.2) is 4.79 Å². The number of rotatable bonds is 5. The monoisotopic (exact) mass is 308 g/mol. The first-order valence-electron chi connectivity index (χ1n) is 6.61. The van der Waals surface area contributed by atoms with E-state index in [2.05, 4.69) is 0 Å². The van der Waals surface area contributed by atoms with Crippen molar-refractivity contribution in [2.45, 2.75) is 24.7 Å². The van der Waals surface area contributed by atoms with E-state index in [0.717, 1.165) is 6.42 Å². The quantitative estimate of drug-likeness (QED) is 0.521. The fraction of sp³-hybridized carbons (Fsp3) is 0.267. The molecule has 0 saturated heterocycles. The molecule has 2 aromatic rings. The molecule has 0 bridgehead atoms. The molecule has 2 rings (SSSR count). The molecule has 0 radical (unpaired) electrons. The molecule has 0 aliphatic heterocycles. The Hall–Kier alpha value is -1.92. The summed E-state index contributed by atoms with van der Waals surface area (Å²) in [5.41, 5.74) is -0.119. The van der Waals surface area contributed by atoms with Gasteiger partial charge in [-0.1, -0.05) is 43.7 Å². The van der Waals surface area contributed by atoms with Crippen LogP contribution in [-0.2, 0) is 14.9 Å². The number of benzene rings is 2. The lowest BCUT2D eigenvalue weighted by Gasteiger charge is -2.11. The van der Waals surface area contributed by atoms with Crippen LogP contribution < -0.4 is 0 Å². The number of ether oxygens (including phenoxy) is 1. The summed E-state index contributed by atoms with van der Waals surface area (Å²) in [5.74, 6) is -0.743. The van der Waals surface area contributed by atoms with Crippen molar-refractivity contribution < 1.29 is 22.5 Å². The van der Waals surface area contributed by atoms with Crippen molar-refractivity contribution in [2.24, 2.45) is 0 Å². The Balaban J connectivity index is 2.59. The summed E-state index contributed by atoms with van der Waals surface area (Å²) in [6.07, 6.45) is 1.55. The second kappa shape index (κ2) is 6.24. The van der Waals surface area contributed by atoms with Crippen LogP contribution in [0.3, 0.4) is 0 Å². The molecule has 0 spiro atoms. The van der Waals surface area contributed by atoms with E-state index in [0.29, 0.717) is 17.2 Å². The predicted molar refractivity (Wildman–Crippen MR) is 79.0 cm³/mol. The van der Waals surface area contributed by atoms with Crippen LogP contribution in [0, 0.1) is 0 Å². The van der Waals surface area contributed by atoms with E-state index in [1.54, 1.807) is 30.3 Å². The maximum Gasteiger partial charge on any atom is 0.340 e. The lowest BCUT2D eigenvalue weighted by Crippen LogP contribution is -2.13. The number of fused-ring (bicyclic) bond motifs is 1. The summed E-state index contributed by atoms with van der Waals surface area (Å²) in [7, 11) is -4.50. The highest BCUT2D eigenvalue weighted by Crippen LogP contribution is 2.26. The molecule has 2 aromatic carbocycles. The van der Waals surface area contributed by atoms with E-state index in [-0.39, 0.29) is 12.2 Å². The molecule has 0 unspecified atom stereocenters. The van der Waals surface area contributed by atoms with Crippen molar-refractivity contribution in [3.05, 3.63) is 42.0 Å². The number of hydrogen-bond acceptors (Lipinski definition) is 4. The molecule has 0 aromatic heterocycles. The van der Waals surface area contributed by atoms with E-state index in [1.165, 1.54) is 6.07 Å². The minimum absolute atomic E-state index is 0.119. The minimum Gasteiger partial charge on any atom is -0.462 e. The van der Waals surface area contributed by atoms with Crippen LogP contribution in [0.5, 0.6) is 0 Å². The largest absolute Gasteiger partial charge is 0.462 e. The molecule has 0 atom stereocenters. The van der Waals surface area contributed by atoms with Crippen LogP contribution in [0.25, 0.3) is 10.8 Å².